The van der Waals surface area contributed by atoms with Gasteiger partial charge >= 0.3 is 0 Å². The van der Waals surface area contributed by atoms with Gasteiger partial charge in [-0.1, -0.05) is 55.7 Å². The smallest absolute Gasteiger partial charge is 0.233 e. The van der Waals surface area contributed by atoms with Crippen molar-refractivity contribution in [3.05, 3.63) is 66.0 Å². The maximum Gasteiger partial charge on any atom is 0.233 e. The molecular weight excluding hydrogens is 401 g/mol. The highest BCUT2D eigenvalue weighted by Crippen LogP contribution is 2.42. The van der Waals surface area contributed by atoms with Crippen molar-refractivity contribution in [2.24, 2.45) is 4.99 Å². The topological polar surface area (TPSA) is 35.9 Å². The Morgan fingerprint density at radius 3 is 2.44 bits per heavy atom. The summed E-state index contributed by atoms with van der Waals surface area (Å²) in [7, 11) is 0. The molecule has 0 bridgehead atoms. The number of piperidine rings is 1. The molecule has 1 aliphatic carbocycles. The maximum absolute atomic E-state index is 14.1. The zero-order valence-electron chi connectivity index (χ0n) is 18.7. The van der Waals surface area contributed by atoms with Crippen LogP contribution in [0, 0.1) is 5.82 Å². The van der Waals surface area contributed by atoms with Gasteiger partial charge in [-0.25, -0.2) is 4.39 Å². The Bertz CT molecular complexity index is 975. The number of hydrogen-bond donors (Lipinski definition) is 0. The molecule has 5 rings (SSSR count). The molecule has 1 saturated carbocycles. The minimum atomic E-state index is -0.421. The van der Waals surface area contributed by atoms with Crippen molar-refractivity contribution in [3.8, 4) is 0 Å². The fraction of sp³-hybridized carbons (Fsp3) is 0.481. The number of anilines is 1. The first kappa shape index (κ1) is 21.3. The monoisotopic (exact) mass is 433 g/mol. The van der Waals surface area contributed by atoms with E-state index in [1.165, 1.54) is 37.0 Å². The SMILES string of the molecule is O=C1CC(=NC2CCCCC2)C2(CCN(Cc3ccccc3)CC2)N1c1cccc(F)c1. The van der Waals surface area contributed by atoms with Crippen LogP contribution in [0.1, 0.15) is 56.9 Å². The molecule has 3 fully saturated rings. The van der Waals surface area contributed by atoms with E-state index in [0.717, 1.165) is 51.0 Å². The molecule has 168 valence electrons. The van der Waals surface area contributed by atoms with Crippen LogP contribution in [0.2, 0.25) is 0 Å². The summed E-state index contributed by atoms with van der Waals surface area (Å²) in [5.74, 6) is -0.244. The van der Waals surface area contributed by atoms with Gasteiger partial charge < -0.3 is 4.90 Å². The fourth-order valence-electron chi connectivity index (χ4n) is 5.79. The van der Waals surface area contributed by atoms with E-state index in [9.17, 15) is 9.18 Å². The van der Waals surface area contributed by atoms with Crippen LogP contribution in [0.4, 0.5) is 10.1 Å². The summed E-state index contributed by atoms with van der Waals surface area (Å²) >= 11 is 0. The van der Waals surface area contributed by atoms with Crippen LogP contribution >= 0.6 is 0 Å². The standard InChI is InChI=1S/C27H32FN3O/c28-22-10-7-13-24(18-22)31-26(32)19-25(29-23-11-5-2-6-12-23)27(31)14-16-30(17-15-27)20-21-8-3-1-4-9-21/h1,3-4,7-10,13,18,23H,2,5-6,11-12,14-17,19-20H2. The second kappa shape index (κ2) is 9.14. The van der Waals surface area contributed by atoms with E-state index in [4.69, 9.17) is 4.99 Å². The van der Waals surface area contributed by atoms with E-state index in [1.54, 1.807) is 6.07 Å². The van der Waals surface area contributed by atoms with Gasteiger partial charge in [0.25, 0.3) is 0 Å². The van der Waals surface area contributed by atoms with Gasteiger partial charge in [-0.3, -0.25) is 14.7 Å². The average molecular weight is 434 g/mol. The Morgan fingerprint density at radius 1 is 0.969 bits per heavy atom. The molecule has 2 aromatic carbocycles. The van der Waals surface area contributed by atoms with Crippen molar-refractivity contribution >= 4 is 17.3 Å². The van der Waals surface area contributed by atoms with E-state index in [0.29, 0.717) is 18.2 Å². The number of carbonyl (C=O) groups excluding carboxylic acids is 1. The number of nitrogens with zero attached hydrogens (tertiary/aromatic N) is 3. The Morgan fingerprint density at radius 2 is 1.72 bits per heavy atom. The zero-order chi connectivity index (χ0) is 22.0. The predicted molar refractivity (Wildman–Crippen MR) is 126 cm³/mol. The number of carbonyl (C=O) groups is 1. The number of benzene rings is 2. The number of amides is 1. The highest BCUT2D eigenvalue weighted by molar-refractivity contribution is 6.21. The molecule has 1 amide bonds. The molecule has 5 heteroatoms. The molecule has 2 aromatic rings. The molecule has 0 unspecified atom stereocenters. The molecule has 2 heterocycles. The Kier molecular flexibility index (Phi) is 6.09. The molecular formula is C27H32FN3O. The summed E-state index contributed by atoms with van der Waals surface area (Å²) in [6.45, 7) is 2.72. The lowest BCUT2D eigenvalue weighted by molar-refractivity contribution is -0.117. The summed E-state index contributed by atoms with van der Waals surface area (Å²) in [6.07, 6.45) is 8.02. The third kappa shape index (κ3) is 4.23. The summed E-state index contributed by atoms with van der Waals surface area (Å²) in [6, 6.07) is 17.4. The lowest BCUT2D eigenvalue weighted by Gasteiger charge is -2.45. The van der Waals surface area contributed by atoms with E-state index in [2.05, 4.69) is 29.2 Å². The Balaban J connectivity index is 1.44. The first-order valence-corrected chi connectivity index (χ1v) is 12.1. The van der Waals surface area contributed by atoms with Crippen molar-refractivity contribution < 1.29 is 9.18 Å². The highest BCUT2D eigenvalue weighted by Gasteiger charge is 2.52. The van der Waals surface area contributed by atoms with Crippen LogP contribution in [0.15, 0.2) is 59.6 Å². The van der Waals surface area contributed by atoms with Crippen molar-refractivity contribution in [1.29, 1.82) is 0 Å². The molecule has 0 radical (unpaired) electrons. The number of likely N-dealkylation sites (tertiary alicyclic amines) is 1. The van der Waals surface area contributed by atoms with Gasteiger partial charge in [0.1, 0.15) is 5.82 Å². The van der Waals surface area contributed by atoms with Gasteiger partial charge in [-0.15, -0.1) is 0 Å². The van der Waals surface area contributed by atoms with Crippen molar-refractivity contribution in [1.82, 2.24) is 4.90 Å². The lowest BCUT2D eigenvalue weighted by Crippen LogP contribution is -2.56. The summed E-state index contributed by atoms with van der Waals surface area (Å²) in [5.41, 5.74) is 2.59. The van der Waals surface area contributed by atoms with Gasteiger partial charge in [0.15, 0.2) is 0 Å². The number of rotatable bonds is 4. The van der Waals surface area contributed by atoms with Gasteiger partial charge in [-0.05, 0) is 49.4 Å². The second-order valence-corrected chi connectivity index (χ2v) is 9.55. The zero-order valence-corrected chi connectivity index (χ0v) is 18.7. The van der Waals surface area contributed by atoms with Crippen molar-refractivity contribution in [3.63, 3.8) is 0 Å². The molecule has 2 aliphatic heterocycles. The highest BCUT2D eigenvalue weighted by atomic mass is 19.1. The first-order chi connectivity index (χ1) is 15.6. The first-order valence-electron chi connectivity index (χ1n) is 12.1. The quantitative estimate of drug-likeness (QED) is 0.650. The molecule has 0 aromatic heterocycles. The normalized spacial score (nSPS) is 23.3. The van der Waals surface area contributed by atoms with Crippen LogP contribution in [0.5, 0.6) is 0 Å². The molecule has 3 aliphatic rings. The number of halogens is 1. The molecule has 4 nitrogen and oxygen atoms in total. The number of aliphatic imine (C=N–C) groups is 1. The molecule has 32 heavy (non-hydrogen) atoms. The average Bonchev–Trinajstić information content (AvgIpc) is 3.07. The summed E-state index contributed by atoms with van der Waals surface area (Å²) in [4.78, 5) is 22.9. The Labute approximate surface area is 190 Å². The van der Waals surface area contributed by atoms with E-state index in [1.807, 2.05) is 17.0 Å². The van der Waals surface area contributed by atoms with E-state index < -0.39 is 5.54 Å². The van der Waals surface area contributed by atoms with E-state index in [-0.39, 0.29) is 11.7 Å². The van der Waals surface area contributed by atoms with Crippen LogP contribution in [0.3, 0.4) is 0 Å². The largest absolute Gasteiger partial charge is 0.300 e. The molecule has 0 atom stereocenters. The van der Waals surface area contributed by atoms with Crippen molar-refractivity contribution in [2.75, 3.05) is 18.0 Å². The van der Waals surface area contributed by atoms with Crippen molar-refractivity contribution in [2.45, 2.75) is 69.5 Å². The fourth-order valence-corrected chi connectivity index (χ4v) is 5.79. The molecule has 2 saturated heterocycles. The second-order valence-electron chi connectivity index (χ2n) is 9.55. The third-order valence-corrected chi connectivity index (χ3v) is 7.45. The summed E-state index contributed by atoms with van der Waals surface area (Å²) in [5, 5.41) is 0. The van der Waals surface area contributed by atoms with Crippen LogP contribution in [-0.4, -0.2) is 41.2 Å². The molecule has 0 N–H and O–H groups in total. The summed E-state index contributed by atoms with van der Waals surface area (Å²) < 4.78 is 14.1. The van der Waals surface area contributed by atoms with Gasteiger partial charge in [0.05, 0.1) is 12.0 Å². The minimum absolute atomic E-state index is 0.0571. The van der Waals surface area contributed by atoms with Crippen LogP contribution in [0.25, 0.3) is 0 Å². The van der Waals surface area contributed by atoms with Crippen LogP contribution in [-0.2, 0) is 11.3 Å². The number of hydrogen-bond acceptors (Lipinski definition) is 3. The predicted octanol–water partition coefficient (Wildman–Crippen LogP) is 5.37. The molecule has 1 spiro atoms. The van der Waals surface area contributed by atoms with Gasteiger partial charge in [0.2, 0.25) is 5.91 Å². The van der Waals surface area contributed by atoms with E-state index >= 15 is 0 Å². The van der Waals surface area contributed by atoms with Gasteiger partial charge in [0, 0.05) is 37.1 Å². The third-order valence-electron chi connectivity index (χ3n) is 7.45. The minimum Gasteiger partial charge on any atom is -0.300 e. The Hall–Kier alpha value is -2.53. The maximum atomic E-state index is 14.1. The van der Waals surface area contributed by atoms with Gasteiger partial charge in [-0.2, -0.15) is 0 Å². The lowest BCUT2D eigenvalue weighted by atomic mass is 9.82. The van der Waals surface area contributed by atoms with Crippen LogP contribution < -0.4 is 4.90 Å².